The van der Waals surface area contributed by atoms with Crippen LogP contribution in [0.4, 0.5) is 0 Å². The van der Waals surface area contributed by atoms with E-state index in [1.807, 2.05) is 13.8 Å². The maximum absolute atomic E-state index is 11.5. The van der Waals surface area contributed by atoms with Gasteiger partial charge >= 0.3 is 0 Å². The number of methoxy groups -OCH3 is 2. The van der Waals surface area contributed by atoms with E-state index in [9.17, 15) is 35.6 Å². The molecule has 2 aliphatic heterocycles. The molecule has 0 saturated carbocycles. The second-order valence-electron chi connectivity index (χ2n) is 8.19. The van der Waals surface area contributed by atoms with Crippen molar-refractivity contribution in [2.75, 3.05) is 27.4 Å². The Morgan fingerprint density at radius 2 is 1.20 bits per heavy atom. The molecule has 2 heterocycles. The SMILES string of the molecule is CC.CO[C@H]1OC(CO)[C@@H](O)[C@H](O)C1NC(C)=O.CO[C@H]1OC(COSOO[O-])[C@@H](OSOO[O-])[C@H](OSOO[O-])C1NC(C)=O. The topological polar surface area (TPSA) is 308 Å². The van der Waals surface area contributed by atoms with E-state index >= 15 is 0 Å². The molecule has 2 fully saturated rings. The molecule has 2 saturated heterocycles. The normalized spacial score (nSPS) is 30.7. The Balaban J connectivity index is 0.000000950. The average Bonchev–Trinajstić information content (AvgIpc) is 3.04. The lowest BCUT2D eigenvalue weighted by Gasteiger charge is -2.44. The molecule has 0 spiro atoms. The van der Waals surface area contributed by atoms with Crippen molar-refractivity contribution in [1.29, 1.82) is 0 Å². The molecule has 0 radical (unpaired) electrons. The fraction of sp³-hybridized carbons (Fsp3) is 0.900. The van der Waals surface area contributed by atoms with E-state index in [-0.39, 0.29) is 49.5 Å². The molecule has 0 bridgehead atoms. The van der Waals surface area contributed by atoms with Crippen molar-refractivity contribution in [3.05, 3.63) is 0 Å². The van der Waals surface area contributed by atoms with Crippen LogP contribution in [0, 0.1) is 0 Å². The number of amides is 2. The molecule has 26 heteroatoms. The molecule has 274 valence electrons. The first-order valence-corrected chi connectivity index (χ1v) is 14.8. The lowest BCUT2D eigenvalue weighted by molar-refractivity contribution is -0.778. The number of nitrogens with one attached hydrogen (secondary N) is 2. The summed E-state index contributed by atoms with van der Waals surface area (Å²) in [5.74, 6) is -0.851. The largest absolute Gasteiger partial charge is 0.691 e. The van der Waals surface area contributed by atoms with Crippen molar-refractivity contribution in [2.45, 2.75) is 89.0 Å². The molecule has 23 nitrogen and oxygen atoms in total. The highest BCUT2D eigenvalue weighted by Crippen LogP contribution is 2.32. The summed E-state index contributed by atoms with van der Waals surface area (Å²) < 4.78 is 48.4. The Kier molecular flexibility index (Phi) is 26.6. The highest BCUT2D eigenvalue weighted by molar-refractivity contribution is 7.90. The summed E-state index contributed by atoms with van der Waals surface area (Å²) in [6.45, 7) is 5.77. The van der Waals surface area contributed by atoms with Gasteiger partial charge in [-0.2, -0.15) is 0 Å². The van der Waals surface area contributed by atoms with Crippen LogP contribution in [0.3, 0.4) is 0 Å². The summed E-state index contributed by atoms with van der Waals surface area (Å²) in [7, 11) is 2.63. The molecule has 0 aromatic carbocycles. The van der Waals surface area contributed by atoms with Crippen LogP contribution in [0.1, 0.15) is 27.7 Å². The minimum absolute atomic E-state index is 0.120. The van der Waals surface area contributed by atoms with Gasteiger partial charge in [0.25, 0.3) is 0 Å². The Labute approximate surface area is 276 Å². The summed E-state index contributed by atoms with van der Waals surface area (Å²) in [4.78, 5) is 22.4. The predicted molar refractivity (Wildman–Crippen MR) is 142 cm³/mol. The zero-order valence-electron chi connectivity index (χ0n) is 25.1. The van der Waals surface area contributed by atoms with Crippen LogP contribution in [0.5, 0.6) is 0 Å². The van der Waals surface area contributed by atoms with Gasteiger partial charge in [-0.15, -0.1) is 13.0 Å². The lowest BCUT2D eigenvalue weighted by Crippen LogP contribution is -2.65. The van der Waals surface area contributed by atoms with Crippen molar-refractivity contribution >= 4 is 48.8 Å². The molecule has 2 aliphatic rings. The monoisotopic (exact) mass is 737 g/mol. The third-order valence-corrected chi connectivity index (χ3v) is 6.65. The van der Waals surface area contributed by atoms with E-state index in [2.05, 4.69) is 38.7 Å². The molecule has 46 heavy (non-hydrogen) atoms. The Morgan fingerprint density at radius 1 is 0.739 bits per heavy atom. The molecule has 5 N–H and O–H groups in total. The van der Waals surface area contributed by atoms with Gasteiger partial charge in [-0.25, -0.2) is 0 Å². The first kappa shape index (κ1) is 45.2. The van der Waals surface area contributed by atoms with Crippen LogP contribution in [0.2, 0.25) is 0 Å². The summed E-state index contributed by atoms with van der Waals surface area (Å²) in [5, 5.41) is 72.4. The van der Waals surface area contributed by atoms with Gasteiger partial charge in [-0.3, -0.25) is 37.3 Å². The van der Waals surface area contributed by atoms with Crippen LogP contribution < -0.4 is 26.4 Å². The molecule has 10 atom stereocenters. The van der Waals surface area contributed by atoms with Gasteiger partial charge in [0.05, 0.1) is 13.2 Å². The van der Waals surface area contributed by atoms with Crippen molar-refractivity contribution in [1.82, 2.24) is 10.6 Å². The molecule has 0 aromatic rings. The molecular weight excluding hydrogens is 700 g/mol. The van der Waals surface area contributed by atoms with Crippen LogP contribution in [0.15, 0.2) is 0 Å². The number of hydrogen-bond donors (Lipinski definition) is 5. The van der Waals surface area contributed by atoms with Gasteiger partial charge in [0.1, 0.15) is 48.7 Å². The Morgan fingerprint density at radius 3 is 1.67 bits per heavy atom. The van der Waals surface area contributed by atoms with Crippen molar-refractivity contribution < 1.29 is 100 Å². The summed E-state index contributed by atoms with van der Waals surface area (Å²) in [6.07, 6.45) is -8.74. The second kappa shape index (κ2) is 27.1. The molecular formula is C20H37N2O21S3-3. The number of aliphatic hydroxyl groups is 3. The fourth-order valence-corrected chi connectivity index (χ4v) is 4.81. The third kappa shape index (κ3) is 16.1. The quantitative estimate of drug-likeness (QED) is 0.0384. The van der Waals surface area contributed by atoms with Gasteiger partial charge < -0.3 is 60.7 Å². The van der Waals surface area contributed by atoms with Gasteiger partial charge in [0, 0.05) is 28.1 Å². The number of aliphatic hydroxyl groups excluding tert-OH is 3. The van der Waals surface area contributed by atoms with Crippen molar-refractivity contribution in [3.8, 4) is 0 Å². The smallest absolute Gasteiger partial charge is 0.217 e. The Hall–Kier alpha value is -0.770. The van der Waals surface area contributed by atoms with Gasteiger partial charge in [-0.05, 0) is 0 Å². The first-order chi connectivity index (χ1) is 22.1. The number of ether oxygens (including phenoxy) is 4. The van der Waals surface area contributed by atoms with E-state index < -0.39 is 73.8 Å². The molecule has 4 unspecified atom stereocenters. The standard InChI is InChI=1S/C9H17NO15S3.C9H17NO6.C2H6/c1-4(11)10-6-8(19-28-25-22-14)7(18-27-24-21-13)5(17-9(6)15-2)3-16-26-23-20-12;1-4(12)10-6-8(14)7(13)5(3-11)16-9(6)15-2;1-2/h5-9,12-14H,3H2,1-2H3,(H,10,11);5-9,11,13-14H,3H2,1-2H3,(H,10,12);1-2H3/p-3/t2*5?,6?,7-,8-,9+;/m11./s1. The maximum atomic E-state index is 11.5. The zero-order valence-corrected chi connectivity index (χ0v) is 27.6. The van der Waals surface area contributed by atoms with Crippen LogP contribution in [0.25, 0.3) is 0 Å². The lowest BCUT2D eigenvalue weighted by atomic mass is 9.97. The van der Waals surface area contributed by atoms with Crippen molar-refractivity contribution in [2.24, 2.45) is 0 Å². The number of hydrogen-bond acceptors (Lipinski definition) is 24. The van der Waals surface area contributed by atoms with Crippen LogP contribution >= 0.6 is 37.0 Å². The molecule has 0 aliphatic carbocycles. The van der Waals surface area contributed by atoms with E-state index in [0.717, 1.165) is 0 Å². The molecule has 2 rings (SSSR count). The number of carbonyl (C=O) groups excluding carboxylic acids is 2. The minimum Gasteiger partial charge on any atom is -0.691 e. The summed E-state index contributed by atoms with van der Waals surface area (Å²) in [5.41, 5.74) is 0. The van der Waals surface area contributed by atoms with Gasteiger partial charge in [0.15, 0.2) is 49.6 Å². The minimum atomic E-state index is -1.27. The highest BCUT2D eigenvalue weighted by atomic mass is 32.2. The highest BCUT2D eigenvalue weighted by Gasteiger charge is 2.50. The molecule has 0 aromatic heterocycles. The number of carbonyl (C=O) groups is 2. The third-order valence-electron chi connectivity index (χ3n) is 5.48. The fourth-order valence-electron chi connectivity index (χ4n) is 3.80. The van der Waals surface area contributed by atoms with Gasteiger partial charge in [0.2, 0.25) is 11.8 Å². The van der Waals surface area contributed by atoms with Gasteiger partial charge in [-0.1, -0.05) is 13.8 Å². The average molecular weight is 738 g/mol. The summed E-state index contributed by atoms with van der Waals surface area (Å²) in [6, 6.07) is -1.85. The van der Waals surface area contributed by atoms with Crippen LogP contribution in [-0.4, -0.2) is 116 Å². The maximum Gasteiger partial charge on any atom is 0.217 e. The second-order valence-corrected chi connectivity index (χ2v) is 9.63. The number of rotatable bonds is 18. The summed E-state index contributed by atoms with van der Waals surface area (Å²) >= 11 is 0.443. The van der Waals surface area contributed by atoms with Crippen LogP contribution in [-0.2, 0) is 69.2 Å². The first-order valence-electron chi connectivity index (χ1n) is 12.8. The van der Waals surface area contributed by atoms with Crippen molar-refractivity contribution in [3.63, 3.8) is 0 Å². The van der Waals surface area contributed by atoms with E-state index in [1.165, 1.54) is 28.1 Å². The predicted octanol–water partition coefficient (Wildman–Crippen LogP) is -4.39. The van der Waals surface area contributed by atoms with E-state index in [1.54, 1.807) is 0 Å². The Bertz CT molecular complexity index is 797. The van der Waals surface area contributed by atoms with E-state index in [0.29, 0.717) is 0 Å². The van der Waals surface area contributed by atoms with E-state index in [4.69, 9.17) is 36.6 Å². The molecule has 2 amide bonds. The zero-order chi connectivity index (χ0) is 35.1.